The van der Waals surface area contributed by atoms with Gasteiger partial charge in [-0.15, -0.1) is 0 Å². The van der Waals surface area contributed by atoms with Gasteiger partial charge in [0.25, 0.3) is 0 Å². The molecule has 0 spiro atoms. The first-order chi connectivity index (χ1) is 8.49. The summed E-state index contributed by atoms with van der Waals surface area (Å²) < 4.78 is 13.3. The Labute approximate surface area is 119 Å². The number of hydrogen-bond donors (Lipinski definition) is 1. The van der Waals surface area contributed by atoms with Crippen LogP contribution in [0.2, 0.25) is 15.1 Å². The van der Waals surface area contributed by atoms with E-state index in [0.717, 1.165) is 0 Å². The number of aliphatic hydroxyl groups is 1. The lowest BCUT2D eigenvalue weighted by molar-refractivity contribution is 0.220. The fourth-order valence-corrected chi connectivity index (χ4v) is 1.98. The standard InChI is InChI=1S/C13H8Cl3FO/c14-9-3-1-7(5-11(9)16)13(18)8-2-4-10(15)12(17)6-8/h1-6,13,18H. The van der Waals surface area contributed by atoms with Crippen molar-refractivity contribution in [2.45, 2.75) is 6.10 Å². The second-order valence-corrected chi connectivity index (χ2v) is 4.97. The molecule has 1 N–H and O–H groups in total. The molecule has 2 aromatic rings. The molecule has 5 heteroatoms. The molecule has 2 aromatic carbocycles. The molecule has 0 bridgehead atoms. The van der Waals surface area contributed by atoms with Crippen molar-refractivity contribution < 1.29 is 9.50 Å². The minimum absolute atomic E-state index is 0.0140. The highest BCUT2D eigenvalue weighted by Crippen LogP contribution is 2.29. The summed E-state index contributed by atoms with van der Waals surface area (Å²) >= 11 is 17.2. The molecule has 0 aliphatic rings. The molecular weight excluding hydrogens is 297 g/mol. The maximum Gasteiger partial charge on any atom is 0.142 e. The lowest BCUT2D eigenvalue weighted by Crippen LogP contribution is -2.00. The van der Waals surface area contributed by atoms with Crippen LogP contribution < -0.4 is 0 Å². The highest BCUT2D eigenvalue weighted by atomic mass is 35.5. The Morgan fingerprint density at radius 1 is 0.833 bits per heavy atom. The van der Waals surface area contributed by atoms with Gasteiger partial charge in [-0.05, 0) is 35.4 Å². The van der Waals surface area contributed by atoms with Crippen molar-refractivity contribution in [3.05, 3.63) is 68.4 Å². The van der Waals surface area contributed by atoms with Crippen molar-refractivity contribution in [2.75, 3.05) is 0 Å². The van der Waals surface area contributed by atoms with E-state index in [4.69, 9.17) is 34.8 Å². The zero-order valence-corrected chi connectivity index (χ0v) is 11.3. The Balaban J connectivity index is 2.37. The number of halogens is 4. The third kappa shape index (κ3) is 2.78. The Morgan fingerprint density at radius 3 is 1.94 bits per heavy atom. The molecule has 0 saturated heterocycles. The van der Waals surface area contributed by atoms with E-state index in [1.165, 1.54) is 12.1 Å². The van der Waals surface area contributed by atoms with Crippen LogP contribution in [0.25, 0.3) is 0 Å². The van der Waals surface area contributed by atoms with E-state index in [0.29, 0.717) is 21.2 Å². The first kappa shape index (κ1) is 13.6. The second kappa shape index (κ2) is 5.45. The van der Waals surface area contributed by atoms with Gasteiger partial charge < -0.3 is 5.11 Å². The average Bonchev–Trinajstić information content (AvgIpc) is 2.35. The zero-order chi connectivity index (χ0) is 13.3. The SMILES string of the molecule is OC(c1ccc(Cl)c(F)c1)c1ccc(Cl)c(Cl)c1. The van der Waals surface area contributed by atoms with Gasteiger partial charge >= 0.3 is 0 Å². The van der Waals surface area contributed by atoms with E-state index in [1.54, 1.807) is 24.3 Å². The van der Waals surface area contributed by atoms with Gasteiger partial charge in [-0.3, -0.25) is 0 Å². The van der Waals surface area contributed by atoms with Crippen LogP contribution in [-0.2, 0) is 0 Å². The fourth-order valence-electron chi connectivity index (χ4n) is 1.56. The van der Waals surface area contributed by atoms with Gasteiger partial charge in [0.05, 0.1) is 15.1 Å². The van der Waals surface area contributed by atoms with Gasteiger partial charge in [0.2, 0.25) is 0 Å². The topological polar surface area (TPSA) is 20.2 Å². The van der Waals surface area contributed by atoms with Crippen LogP contribution >= 0.6 is 34.8 Å². The van der Waals surface area contributed by atoms with Crippen LogP contribution in [0, 0.1) is 5.82 Å². The minimum Gasteiger partial charge on any atom is -0.384 e. The van der Waals surface area contributed by atoms with Crippen LogP contribution in [-0.4, -0.2) is 5.11 Å². The smallest absolute Gasteiger partial charge is 0.142 e. The molecule has 1 nitrogen and oxygen atoms in total. The van der Waals surface area contributed by atoms with E-state index in [9.17, 15) is 9.50 Å². The summed E-state index contributed by atoms with van der Waals surface area (Å²) in [4.78, 5) is 0. The largest absolute Gasteiger partial charge is 0.384 e. The van der Waals surface area contributed by atoms with E-state index in [2.05, 4.69) is 0 Å². The van der Waals surface area contributed by atoms with Gasteiger partial charge in [0.1, 0.15) is 11.9 Å². The maximum atomic E-state index is 13.3. The molecule has 0 aliphatic carbocycles. The maximum absolute atomic E-state index is 13.3. The summed E-state index contributed by atoms with van der Waals surface area (Å²) in [5.41, 5.74) is 0.932. The molecule has 1 atom stereocenters. The monoisotopic (exact) mass is 304 g/mol. The molecule has 0 aromatic heterocycles. The normalized spacial score (nSPS) is 12.5. The predicted octanol–water partition coefficient (Wildman–Crippen LogP) is 4.87. The molecule has 0 amide bonds. The summed E-state index contributed by atoms with van der Waals surface area (Å²) in [5.74, 6) is -0.576. The summed E-state index contributed by atoms with van der Waals surface area (Å²) in [5, 5.41) is 10.9. The first-order valence-corrected chi connectivity index (χ1v) is 6.20. The van der Waals surface area contributed by atoms with E-state index < -0.39 is 11.9 Å². The molecule has 18 heavy (non-hydrogen) atoms. The van der Waals surface area contributed by atoms with Gasteiger partial charge in [-0.2, -0.15) is 0 Å². The van der Waals surface area contributed by atoms with Crippen LogP contribution in [0.1, 0.15) is 17.2 Å². The number of rotatable bonds is 2. The average molecular weight is 306 g/mol. The van der Waals surface area contributed by atoms with Crippen molar-refractivity contribution in [3.8, 4) is 0 Å². The van der Waals surface area contributed by atoms with E-state index in [-0.39, 0.29) is 5.02 Å². The molecule has 0 aliphatic heterocycles. The summed E-state index contributed by atoms with van der Waals surface area (Å²) in [7, 11) is 0. The predicted molar refractivity (Wildman–Crippen MR) is 71.9 cm³/mol. The lowest BCUT2D eigenvalue weighted by atomic mass is 10.0. The van der Waals surface area contributed by atoms with Crippen molar-refractivity contribution >= 4 is 34.8 Å². The molecule has 94 valence electrons. The van der Waals surface area contributed by atoms with Crippen LogP contribution in [0.4, 0.5) is 4.39 Å². The highest BCUT2D eigenvalue weighted by Gasteiger charge is 2.13. The third-order valence-corrected chi connectivity index (χ3v) is 3.56. The highest BCUT2D eigenvalue weighted by molar-refractivity contribution is 6.42. The van der Waals surface area contributed by atoms with Crippen molar-refractivity contribution in [3.63, 3.8) is 0 Å². The van der Waals surface area contributed by atoms with Gasteiger partial charge in [0.15, 0.2) is 0 Å². The van der Waals surface area contributed by atoms with E-state index >= 15 is 0 Å². The molecule has 0 radical (unpaired) electrons. The van der Waals surface area contributed by atoms with Crippen LogP contribution in [0.3, 0.4) is 0 Å². The molecule has 2 rings (SSSR count). The fraction of sp³-hybridized carbons (Fsp3) is 0.0769. The molecule has 0 heterocycles. The molecule has 0 fully saturated rings. The van der Waals surface area contributed by atoms with Gasteiger partial charge in [-0.25, -0.2) is 4.39 Å². The Kier molecular flexibility index (Phi) is 4.13. The molecular formula is C13H8Cl3FO. The van der Waals surface area contributed by atoms with Crippen LogP contribution in [0.15, 0.2) is 36.4 Å². The van der Waals surface area contributed by atoms with Crippen molar-refractivity contribution in [1.82, 2.24) is 0 Å². The van der Waals surface area contributed by atoms with Crippen molar-refractivity contribution in [2.24, 2.45) is 0 Å². The zero-order valence-electron chi connectivity index (χ0n) is 9.00. The summed E-state index contributed by atoms with van der Waals surface area (Å²) in [6.07, 6.45) is -0.980. The minimum atomic E-state index is -0.980. The third-order valence-electron chi connectivity index (χ3n) is 2.52. The molecule has 0 saturated carbocycles. The van der Waals surface area contributed by atoms with Gasteiger partial charge in [0, 0.05) is 0 Å². The van der Waals surface area contributed by atoms with Crippen molar-refractivity contribution in [1.29, 1.82) is 0 Å². The second-order valence-electron chi connectivity index (χ2n) is 3.75. The summed E-state index contributed by atoms with van der Waals surface area (Å²) in [6.45, 7) is 0. The Bertz CT molecular complexity index is 535. The lowest BCUT2D eigenvalue weighted by Gasteiger charge is -2.12. The number of benzene rings is 2. The number of hydrogen-bond acceptors (Lipinski definition) is 1. The van der Waals surface area contributed by atoms with Gasteiger partial charge in [-0.1, -0.05) is 46.9 Å². The quantitative estimate of drug-likeness (QED) is 0.839. The summed E-state index contributed by atoms with van der Waals surface area (Å²) in [6, 6.07) is 8.89. The number of aliphatic hydroxyl groups excluding tert-OH is 1. The van der Waals surface area contributed by atoms with Crippen LogP contribution in [0.5, 0.6) is 0 Å². The first-order valence-electron chi connectivity index (χ1n) is 5.07. The Hall–Kier alpha value is -0.800. The van der Waals surface area contributed by atoms with E-state index in [1.807, 2.05) is 0 Å². The Morgan fingerprint density at radius 2 is 1.39 bits per heavy atom. The molecule has 1 unspecified atom stereocenters.